The minimum Gasteiger partial charge on any atom is -0.508 e. The zero-order valence-electron chi connectivity index (χ0n) is 19.2. The minimum absolute atomic E-state index is 0.0149. The number of rotatable bonds is 7. The predicted molar refractivity (Wildman–Crippen MR) is 133 cm³/mol. The van der Waals surface area contributed by atoms with Crippen molar-refractivity contribution in [3.8, 4) is 5.75 Å². The van der Waals surface area contributed by atoms with E-state index in [9.17, 15) is 24.6 Å². The van der Waals surface area contributed by atoms with E-state index >= 15 is 0 Å². The molecule has 0 aliphatic carbocycles. The summed E-state index contributed by atoms with van der Waals surface area (Å²) in [6, 6.07) is 17.1. The number of nitrogens with one attached hydrogen (secondary N) is 2. The van der Waals surface area contributed by atoms with Gasteiger partial charge in [-0.25, -0.2) is 9.59 Å². The van der Waals surface area contributed by atoms with Crippen LogP contribution in [0.1, 0.15) is 22.3 Å². The summed E-state index contributed by atoms with van der Waals surface area (Å²) in [5.41, 5.74) is -0.343. The predicted octanol–water partition coefficient (Wildman–Crippen LogP) is 3.35. The van der Waals surface area contributed by atoms with Gasteiger partial charge in [-0.3, -0.25) is 4.79 Å². The van der Waals surface area contributed by atoms with E-state index in [0.717, 1.165) is 5.56 Å². The summed E-state index contributed by atoms with van der Waals surface area (Å²) in [7, 11) is 1.19. The maximum atomic E-state index is 12.8. The van der Waals surface area contributed by atoms with Crippen LogP contribution in [-0.4, -0.2) is 41.3 Å². The fraction of sp³-hybridized carbons (Fsp3) is 0.192. The number of aliphatic hydroxyl groups is 1. The maximum absolute atomic E-state index is 12.8. The highest BCUT2D eigenvalue weighted by molar-refractivity contribution is 9.10. The Balaban J connectivity index is 1.57. The molecule has 1 aliphatic heterocycles. The van der Waals surface area contributed by atoms with Gasteiger partial charge in [0.05, 0.1) is 12.8 Å². The van der Waals surface area contributed by atoms with E-state index in [1.54, 1.807) is 30.3 Å². The molecule has 36 heavy (non-hydrogen) atoms. The molecule has 3 aromatic carbocycles. The van der Waals surface area contributed by atoms with Crippen molar-refractivity contribution < 1.29 is 34.1 Å². The summed E-state index contributed by atoms with van der Waals surface area (Å²) >= 11 is 3.35. The topological polar surface area (TPSA) is 134 Å². The van der Waals surface area contributed by atoms with Gasteiger partial charge in [0.2, 0.25) is 0 Å². The van der Waals surface area contributed by atoms with Crippen LogP contribution in [0, 0.1) is 0 Å². The van der Waals surface area contributed by atoms with Crippen molar-refractivity contribution in [2.75, 3.05) is 12.4 Å². The Hall–Kier alpha value is -3.89. The molecule has 10 heteroatoms. The van der Waals surface area contributed by atoms with Gasteiger partial charge in [0.15, 0.2) is 5.60 Å². The monoisotopic (exact) mass is 554 g/mol. The summed E-state index contributed by atoms with van der Waals surface area (Å²) < 4.78 is 10.6. The van der Waals surface area contributed by atoms with Crippen LogP contribution in [0.25, 0.3) is 0 Å². The Morgan fingerprint density at radius 1 is 1.06 bits per heavy atom. The average Bonchev–Trinajstić information content (AvgIpc) is 3.15. The summed E-state index contributed by atoms with van der Waals surface area (Å²) in [6.45, 7) is 0.0149. The Morgan fingerprint density at radius 3 is 2.53 bits per heavy atom. The summed E-state index contributed by atoms with van der Waals surface area (Å²) in [4.78, 5) is 37.6. The van der Waals surface area contributed by atoms with Crippen LogP contribution in [0.2, 0.25) is 0 Å². The van der Waals surface area contributed by atoms with Gasteiger partial charge in [-0.1, -0.05) is 48.5 Å². The molecule has 0 saturated carbocycles. The molecule has 0 fully saturated rings. The molecular formula is C26H23BrN2O7. The van der Waals surface area contributed by atoms with Gasteiger partial charge in [-0.15, -0.1) is 0 Å². The standard InChI is InChI=1S/C26H23BrN2O7/c1-35-23(31)20(28-25(33)36-14-15-6-3-2-4-7-15)13-16-10-11-21(30)18(12-16)26(34)17-8-5-9-19(27)22(17)29-24(26)32/h2-12,20,30,34H,13-14H2,1H3,(H,28,33)(H,29,32)/t20-,26?/m0/s1. The molecule has 1 aliphatic rings. The number of para-hydroxylation sites is 1. The van der Waals surface area contributed by atoms with Crippen molar-refractivity contribution in [2.45, 2.75) is 24.7 Å². The third kappa shape index (κ3) is 4.91. The lowest BCUT2D eigenvalue weighted by atomic mass is 9.85. The van der Waals surface area contributed by atoms with Crippen molar-refractivity contribution in [1.29, 1.82) is 0 Å². The first-order valence-electron chi connectivity index (χ1n) is 10.9. The lowest BCUT2D eigenvalue weighted by Gasteiger charge is -2.24. The Kier molecular flexibility index (Phi) is 7.27. The molecule has 2 atom stereocenters. The number of aromatic hydroxyl groups is 1. The molecule has 2 amide bonds. The first-order valence-corrected chi connectivity index (χ1v) is 11.7. The Bertz CT molecular complexity index is 1310. The number of carbonyl (C=O) groups is 3. The SMILES string of the molecule is COC(=O)[C@H](Cc1ccc(O)c(C2(O)C(=O)Nc3c(Br)cccc32)c1)NC(=O)OCc1ccccc1. The molecule has 0 aromatic heterocycles. The van der Waals surface area contributed by atoms with E-state index in [1.807, 2.05) is 18.2 Å². The molecule has 0 bridgehead atoms. The normalized spacial score (nSPS) is 17.0. The average molecular weight is 555 g/mol. The summed E-state index contributed by atoms with van der Waals surface area (Å²) in [6.07, 6.45) is -0.871. The quantitative estimate of drug-likeness (QED) is 0.329. The number of phenolic OH excluding ortho intramolecular Hbond substituents is 1. The van der Waals surface area contributed by atoms with Crippen LogP contribution < -0.4 is 10.6 Å². The molecule has 1 heterocycles. The molecule has 4 N–H and O–H groups in total. The molecule has 9 nitrogen and oxygen atoms in total. The lowest BCUT2D eigenvalue weighted by molar-refractivity contribution is -0.143. The van der Waals surface area contributed by atoms with E-state index in [2.05, 4.69) is 26.6 Å². The maximum Gasteiger partial charge on any atom is 0.408 e. The molecule has 4 rings (SSSR count). The second-order valence-corrected chi connectivity index (χ2v) is 9.02. The Labute approximate surface area is 215 Å². The lowest BCUT2D eigenvalue weighted by Crippen LogP contribution is -2.43. The highest BCUT2D eigenvalue weighted by Crippen LogP contribution is 2.46. The second-order valence-electron chi connectivity index (χ2n) is 8.16. The van der Waals surface area contributed by atoms with E-state index < -0.39 is 29.6 Å². The Morgan fingerprint density at radius 2 is 1.81 bits per heavy atom. The van der Waals surface area contributed by atoms with Crippen LogP contribution in [-0.2, 0) is 37.7 Å². The van der Waals surface area contributed by atoms with Crippen molar-refractivity contribution in [3.63, 3.8) is 0 Å². The number of esters is 1. The zero-order valence-corrected chi connectivity index (χ0v) is 20.7. The number of hydrogen-bond acceptors (Lipinski definition) is 7. The molecular weight excluding hydrogens is 532 g/mol. The number of benzene rings is 3. The highest BCUT2D eigenvalue weighted by atomic mass is 79.9. The fourth-order valence-corrected chi connectivity index (χ4v) is 4.49. The molecule has 0 spiro atoms. The largest absolute Gasteiger partial charge is 0.508 e. The van der Waals surface area contributed by atoms with Crippen LogP contribution in [0.4, 0.5) is 10.5 Å². The van der Waals surface area contributed by atoms with Crippen molar-refractivity contribution >= 4 is 39.6 Å². The molecule has 3 aromatic rings. The van der Waals surface area contributed by atoms with Crippen molar-refractivity contribution in [1.82, 2.24) is 5.32 Å². The first kappa shape index (κ1) is 25.2. The fourth-order valence-electron chi connectivity index (χ4n) is 4.02. The third-order valence-electron chi connectivity index (χ3n) is 5.85. The number of halogens is 1. The van der Waals surface area contributed by atoms with Crippen molar-refractivity contribution in [2.24, 2.45) is 0 Å². The van der Waals surface area contributed by atoms with Crippen LogP contribution in [0.5, 0.6) is 5.75 Å². The number of fused-ring (bicyclic) bond motifs is 1. The number of hydrogen-bond donors (Lipinski definition) is 4. The molecule has 0 radical (unpaired) electrons. The van der Waals surface area contributed by atoms with Crippen LogP contribution in [0.3, 0.4) is 0 Å². The number of alkyl carbamates (subject to hydrolysis) is 1. The molecule has 186 valence electrons. The van der Waals surface area contributed by atoms with Gasteiger partial charge >= 0.3 is 12.1 Å². The number of anilines is 1. The number of methoxy groups -OCH3 is 1. The van der Waals surface area contributed by atoms with E-state index in [-0.39, 0.29) is 29.9 Å². The van der Waals surface area contributed by atoms with Gasteiger partial charge < -0.3 is 30.3 Å². The van der Waals surface area contributed by atoms with E-state index in [0.29, 0.717) is 15.7 Å². The number of carbonyl (C=O) groups excluding carboxylic acids is 3. The van der Waals surface area contributed by atoms with Gasteiger partial charge in [0.25, 0.3) is 5.91 Å². The van der Waals surface area contributed by atoms with Crippen LogP contribution >= 0.6 is 15.9 Å². The summed E-state index contributed by atoms with van der Waals surface area (Å²) in [5.74, 6) is -1.76. The first-order chi connectivity index (χ1) is 17.2. The van der Waals surface area contributed by atoms with Gasteiger partial charge in [0, 0.05) is 22.0 Å². The summed E-state index contributed by atoms with van der Waals surface area (Å²) in [5, 5.41) is 27.1. The van der Waals surface area contributed by atoms with Gasteiger partial charge in [-0.05, 0) is 45.3 Å². The smallest absolute Gasteiger partial charge is 0.408 e. The van der Waals surface area contributed by atoms with Crippen molar-refractivity contribution in [3.05, 3.63) is 93.5 Å². The number of phenols is 1. The second kappa shape index (κ2) is 10.4. The third-order valence-corrected chi connectivity index (χ3v) is 6.51. The van der Waals surface area contributed by atoms with E-state index in [4.69, 9.17) is 9.47 Å². The van der Waals surface area contributed by atoms with Gasteiger partial charge in [0.1, 0.15) is 18.4 Å². The highest BCUT2D eigenvalue weighted by Gasteiger charge is 2.49. The minimum atomic E-state index is -2.16. The van der Waals surface area contributed by atoms with Gasteiger partial charge in [-0.2, -0.15) is 0 Å². The number of ether oxygens (including phenoxy) is 2. The zero-order chi connectivity index (χ0) is 25.9. The molecule has 0 saturated heterocycles. The van der Waals surface area contributed by atoms with E-state index in [1.165, 1.54) is 25.3 Å². The van der Waals surface area contributed by atoms with Crippen LogP contribution in [0.15, 0.2) is 71.2 Å². The molecule has 1 unspecified atom stereocenters. The number of amides is 2.